The lowest BCUT2D eigenvalue weighted by atomic mass is 9.33. The third-order valence-electron chi connectivity index (χ3n) is 13.4. The van der Waals surface area contributed by atoms with Gasteiger partial charge in [-0.05, 0) is 134 Å². The molecule has 0 fully saturated rings. The minimum Gasteiger partial charge on any atom is -0.454 e. The van der Waals surface area contributed by atoms with E-state index in [4.69, 9.17) is 9.47 Å². The van der Waals surface area contributed by atoms with Gasteiger partial charge in [0.2, 0.25) is 6.79 Å². The lowest BCUT2D eigenvalue weighted by molar-refractivity contribution is 0.174. The molecule has 0 saturated heterocycles. The zero-order valence-electron chi connectivity index (χ0n) is 36.6. The van der Waals surface area contributed by atoms with E-state index in [1.165, 1.54) is 91.3 Å². The van der Waals surface area contributed by atoms with Crippen molar-refractivity contribution in [1.82, 2.24) is 0 Å². The van der Waals surface area contributed by atoms with E-state index in [2.05, 4.69) is 213 Å². The summed E-state index contributed by atoms with van der Waals surface area (Å²) in [7, 11) is 0. The second-order valence-electron chi connectivity index (χ2n) is 18.6. The Morgan fingerprint density at radius 2 is 1.14 bits per heavy atom. The highest BCUT2D eigenvalue weighted by molar-refractivity contribution is 7.22. The summed E-state index contributed by atoms with van der Waals surface area (Å²) in [6.45, 7) is 9.38. The molecule has 0 amide bonds. The van der Waals surface area contributed by atoms with Gasteiger partial charge in [-0.15, -0.1) is 22.7 Å². The summed E-state index contributed by atoms with van der Waals surface area (Å²) in [5.74, 6) is 1.53. The van der Waals surface area contributed by atoms with E-state index in [0.29, 0.717) is 0 Å². The molecule has 2 aromatic heterocycles. The Hall–Kier alpha value is -7.06. The number of benzene rings is 8. The van der Waals surface area contributed by atoms with Crippen molar-refractivity contribution in [3.63, 3.8) is 0 Å². The van der Waals surface area contributed by atoms with Crippen molar-refractivity contribution in [2.45, 2.75) is 33.1 Å². The van der Waals surface area contributed by atoms with Crippen molar-refractivity contribution in [2.24, 2.45) is 0 Å². The largest absolute Gasteiger partial charge is 0.454 e. The molecule has 3 aliphatic rings. The van der Waals surface area contributed by atoms with Gasteiger partial charge in [0.05, 0.1) is 5.69 Å². The predicted molar refractivity (Wildman–Crippen MR) is 277 cm³/mol. The standard InChI is InChI=1S/C58H43BN2O2S2/c1-35-25-49-57-50(26-35)61(47-33-52-51(62-34-63-52)32-43(47)36-13-6-5-7-14-36)46-24-22-41(58(2,3)4)31-45(46)59(57)44-23-21-40(56-30-39-16-9-11-20-54(39)65-56)28-48(44)60(49)42-18-12-17-37(27-42)55-29-38-15-8-10-19-53(38)64-55/h5-33H,34H2,1-4H3. The smallest absolute Gasteiger partial charge is 0.252 e. The second kappa shape index (κ2) is 14.5. The lowest BCUT2D eigenvalue weighted by Crippen LogP contribution is -2.61. The zero-order chi connectivity index (χ0) is 43.6. The van der Waals surface area contributed by atoms with Gasteiger partial charge in [0.1, 0.15) is 0 Å². The average molecular weight is 875 g/mol. The first-order valence-electron chi connectivity index (χ1n) is 22.3. The van der Waals surface area contributed by atoms with Gasteiger partial charge in [0.25, 0.3) is 6.71 Å². The van der Waals surface area contributed by atoms with E-state index in [-0.39, 0.29) is 18.9 Å². The van der Waals surface area contributed by atoms with Crippen LogP contribution >= 0.6 is 22.7 Å². The fraction of sp³-hybridized carbons (Fsp3) is 0.103. The quantitative estimate of drug-likeness (QED) is 0.161. The van der Waals surface area contributed by atoms with Crippen LogP contribution in [0, 0.1) is 6.92 Å². The van der Waals surface area contributed by atoms with Crippen LogP contribution in [0.2, 0.25) is 0 Å². The predicted octanol–water partition coefficient (Wildman–Crippen LogP) is 14.5. The van der Waals surface area contributed by atoms with Gasteiger partial charge >= 0.3 is 0 Å². The molecule has 10 aromatic rings. The van der Waals surface area contributed by atoms with Crippen LogP contribution in [0.1, 0.15) is 31.9 Å². The first-order chi connectivity index (χ1) is 31.7. The monoisotopic (exact) mass is 874 g/mol. The molecule has 0 bridgehead atoms. The molecule has 5 heterocycles. The van der Waals surface area contributed by atoms with Crippen LogP contribution in [-0.4, -0.2) is 13.5 Å². The molecule has 0 N–H and O–H groups in total. The van der Waals surface area contributed by atoms with Crippen LogP contribution in [0.3, 0.4) is 0 Å². The maximum atomic E-state index is 6.16. The number of thiophene rings is 2. The van der Waals surface area contributed by atoms with Gasteiger partial charge in [0, 0.05) is 59.2 Å². The number of hydrogen-bond acceptors (Lipinski definition) is 6. The normalized spacial score (nSPS) is 13.6. The fourth-order valence-corrected chi connectivity index (χ4v) is 12.4. The minimum absolute atomic E-state index is 0.0307. The molecule has 0 saturated carbocycles. The molecule has 7 heteroatoms. The Kier molecular flexibility index (Phi) is 8.56. The highest BCUT2D eigenvalue weighted by atomic mass is 32.1. The molecule has 65 heavy (non-hydrogen) atoms. The summed E-state index contributed by atoms with van der Waals surface area (Å²) in [6.07, 6.45) is 0. The van der Waals surface area contributed by atoms with Gasteiger partial charge in [-0.3, -0.25) is 0 Å². The number of aryl methyl sites for hydroxylation is 1. The van der Waals surface area contributed by atoms with Crippen LogP contribution in [0.5, 0.6) is 11.5 Å². The van der Waals surface area contributed by atoms with E-state index in [1.54, 1.807) is 0 Å². The number of hydrogen-bond donors (Lipinski definition) is 0. The third kappa shape index (κ3) is 6.17. The molecular weight excluding hydrogens is 832 g/mol. The highest BCUT2D eigenvalue weighted by Gasteiger charge is 2.44. The van der Waals surface area contributed by atoms with Crippen molar-refractivity contribution in [2.75, 3.05) is 16.6 Å². The molecule has 13 rings (SSSR count). The summed E-state index contributed by atoms with van der Waals surface area (Å²) in [6, 6.07) is 65.6. The Balaban J connectivity index is 1.10. The van der Waals surface area contributed by atoms with Gasteiger partial charge in [-0.2, -0.15) is 0 Å². The highest BCUT2D eigenvalue weighted by Crippen LogP contribution is 2.51. The molecule has 0 unspecified atom stereocenters. The van der Waals surface area contributed by atoms with Gasteiger partial charge in [-0.1, -0.05) is 124 Å². The molecule has 0 radical (unpaired) electrons. The van der Waals surface area contributed by atoms with Gasteiger partial charge in [0.15, 0.2) is 11.5 Å². The number of ether oxygens (including phenoxy) is 2. The Bertz CT molecular complexity index is 3500. The minimum atomic E-state index is -0.0637. The van der Waals surface area contributed by atoms with Crippen molar-refractivity contribution in [1.29, 1.82) is 0 Å². The van der Waals surface area contributed by atoms with Crippen LogP contribution in [-0.2, 0) is 5.41 Å². The van der Waals surface area contributed by atoms with Crippen LogP contribution in [0.4, 0.5) is 34.1 Å². The molecule has 0 atom stereocenters. The first kappa shape index (κ1) is 38.4. The molecular formula is C58H43BN2O2S2. The lowest BCUT2D eigenvalue weighted by Gasteiger charge is -2.45. The first-order valence-corrected chi connectivity index (χ1v) is 24.0. The Morgan fingerprint density at radius 1 is 0.492 bits per heavy atom. The van der Waals surface area contributed by atoms with Crippen LogP contribution < -0.4 is 35.7 Å². The summed E-state index contributed by atoms with van der Waals surface area (Å²) < 4.78 is 14.8. The zero-order valence-corrected chi connectivity index (χ0v) is 38.2. The Morgan fingerprint density at radius 3 is 1.85 bits per heavy atom. The molecule has 0 aliphatic carbocycles. The van der Waals surface area contributed by atoms with Crippen molar-refractivity contribution >= 4 is 100 Å². The van der Waals surface area contributed by atoms with E-state index >= 15 is 0 Å². The van der Waals surface area contributed by atoms with Crippen LogP contribution in [0.25, 0.3) is 52.2 Å². The summed E-state index contributed by atoms with van der Waals surface area (Å²) in [4.78, 5) is 7.60. The molecule has 3 aliphatic heterocycles. The van der Waals surface area contributed by atoms with Crippen molar-refractivity contribution < 1.29 is 9.47 Å². The Labute approximate surface area is 387 Å². The maximum absolute atomic E-state index is 6.16. The number of anilines is 6. The van der Waals surface area contributed by atoms with Gasteiger partial charge in [-0.25, -0.2) is 0 Å². The topological polar surface area (TPSA) is 24.9 Å². The summed E-state index contributed by atoms with van der Waals surface area (Å²) in [5.41, 5.74) is 17.9. The molecule has 312 valence electrons. The van der Waals surface area contributed by atoms with E-state index in [9.17, 15) is 0 Å². The summed E-state index contributed by atoms with van der Waals surface area (Å²) >= 11 is 3.72. The third-order valence-corrected chi connectivity index (χ3v) is 15.8. The van der Waals surface area contributed by atoms with Crippen molar-refractivity contribution in [3.8, 4) is 43.5 Å². The second-order valence-corrected chi connectivity index (χ2v) is 20.7. The number of nitrogens with zero attached hydrogens (tertiary/aromatic N) is 2. The fourth-order valence-electron chi connectivity index (χ4n) is 10.3. The van der Waals surface area contributed by atoms with Gasteiger partial charge < -0.3 is 19.3 Å². The number of fused-ring (bicyclic) bond motifs is 7. The number of rotatable bonds is 5. The van der Waals surface area contributed by atoms with Crippen LogP contribution in [0.15, 0.2) is 176 Å². The molecule has 8 aromatic carbocycles. The maximum Gasteiger partial charge on any atom is 0.252 e. The summed E-state index contributed by atoms with van der Waals surface area (Å²) in [5, 5.41) is 2.55. The molecule has 4 nitrogen and oxygen atoms in total. The van der Waals surface area contributed by atoms with Crippen molar-refractivity contribution in [3.05, 3.63) is 187 Å². The van der Waals surface area contributed by atoms with E-state index < -0.39 is 0 Å². The molecule has 0 spiro atoms. The van der Waals surface area contributed by atoms with E-state index in [1.807, 2.05) is 22.7 Å². The SMILES string of the molecule is Cc1cc2c3c(c1)N(c1cc4c(cc1-c1ccccc1)OCO4)c1ccc(C(C)(C)C)cc1B3c1ccc(-c3cc4ccccc4s3)cc1N2c1cccc(-c2cc3ccccc3s2)c1. The van der Waals surface area contributed by atoms with E-state index in [0.717, 1.165) is 34.0 Å². The average Bonchev–Trinajstić information content (AvgIpc) is 4.09.